The number of fused-ring (bicyclic) bond motifs is 2. The average molecular weight is 402 g/mol. The summed E-state index contributed by atoms with van der Waals surface area (Å²) in [4.78, 5) is 8.90. The van der Waals surface area contributed by atoms with Gasteiger partial charge in [0, 0.05) is 12.7 Å². The van der Waals surface area contributed by atoms with E-state index >= 15 is 0 Å². The molecule has 0 aromatic carbocycles. The largest absolute Gasteiger partial charge is 0.373 e. The number of pyridine rings is 1. The second kappa shape index (κ2) is 7.93. The molecule has 0 spiro atoms. The molecule has 3 heterocycles. The lowest BCUT2D eigenvalue weighted by molar-refractivity contribution is 0.0992. The fourth-order valence-electron chi connectivity index (χ4n) is 2.94. The fourth-order valence-corrected chi connectivity index (χ4v) is 2.94. The molecule has 2 aliphatic heterocycles. The van der Waals surface area contributed by atoms with Gasteiger partial charge in [0.1, 0.15) is 0 Å². The third-order valence-electron chi connectivity index (χ3n) is 3.90. The summed E-state index contributed by atoms with van der Waals surface area (Å²) in [6.07, 6.45) is 6.09. The van der Waals surface area contributed by atoms with E-state index in [1.807, 2.05) is 18.2 Å². The second-order valence-electron chi connectivity index (χ2n) is 5.38. The Kier molecular flexibility index (Phi) is 6.22. The molecule has 1 aromatic heterocycles. The molecule has 2 N–H and O–H groups in total. The maximum Gasteiger partial charge on any atom is 0.191 e. The van der Waals surface area contributed by atoms with Gasteiger partial charge in [-0.05, 0) is 38.3 Å². The predicted octanol–water partition coefficient (Wildman–Crippen LogP) is 2.07. The Hall–Kier alpha value is -0.890. The molecule has 2 bridgehead atoms. The molecule has 21 heavy (non-hydrogen) atoms. The third-order valence-corrected chi connectivity index (χ3v) is 3.90. The SMILES string of the molecule is CCNC(=NCc1ccccn1)NC1CC2CCC1O2.I. The smallest absolute Gasteiger partial charge is 0.191 e. The van der Waals surface area contributed by atoms with E-state index in [1.54, 1.807) is 6.20 Å². The van der Waals surface area contributed by atoms with Gasteiger partial charge in [-0.1, -0.05) is 6.07 Å². The van der Waals surface area contributed by atoms with Crippen molar-refractivity contribution in [3.63, 3.8) is 0 Å². The van der Waals surface area contributed by atoms with Crippen LogP contribution in [-0.2, 0) is 11.3 Å². The molecule has 0 saturated carbocycles. The Balaban J connectivity index is 0.00000161. The molecule has 1 aromatic rings. The summed E-state index contributed by atoms with van der Waals surface area (Å²) in [6.45, 7) is 3.53. The molecule has 5 nitrogen and oxygen atoms in total. The van der Waals surface area contributed by atoms with E-state index in [-0.39, 0.29) is 24.0 Å². The molecule has 0 aliphatic carbocycles. The van der Waals surface area contributed by atoms with Crippen LogP contribution in [0.2, 0.25) is 0 Å². The summed E-state index contributed by atoms with van der Waals surface area (Å²) in [5.41, 5.74) is 0.980. The van der Waals surface area contributed by atoms with Crippen molar-refractivity contribution in [2.24, 2.45) is 4.99 Å². The van der Waals surface area contributed by atoms with E-state index in [0.29, 0.717) is 24.8 Å². The van der Waals surface area contributed by atoms with Gasteiger partial charge in [0.05, 0.1) is 30.5 Å². The lowest BCUT2D eigenvalue weighted by atomic mass is 9.96. The maximum absolute atomic E-state index is 5.87. The molecule has 116 valence electrons. The van der Waals surface area contributed by atoms with E-state index in [9.17, 15) is 0 Å². The zero-order valence-corrected chi connectivity index (χ0v) is 14.6. The normalized spacial score (nSPS) is 27.3. The van der Waals surface area contributed by atoms with Crippen molar-refractivity contribution in [3.8, 4) is 0 Å². The first-order valence-corrected chi connectivity index (χ1v) is 7.45. The van der Waals surface area contributed by atoms with Crippen LogP contribution in [0.4, 0.5) is 0 Å². The first-order chi connectivity index (χ1) is 9.85. The van der Waals surface area contributed by atoms with Crippen LogP contribution in [0.15, 0.2) is 29.4 Å². The first kappa shape index (κ1) is 16.5. The molecule has 3 unspecified atom stereocenters. The van der Waals surface area contributed by atoms with Crippen LogP contribution in [0.3, 0.4) is 0 Å². The summed E-state index contributed by atoms with van der Waals surface area (Å²) >= 11 is 0. The summed E-state index contributed by atoms with van der Waals surface area (Å²) in [5, 5.41) is 6.80. The van der Waals surface area contributed by atoms with E-state index in [0.717, 1.165) is 24.6 Å². The number of ether oxygens (including phenoxy) is 1. The minimum absolute atomic E-state index is 0. The van der Waals surface area contributed by atoms with E-state index in [2.05, 4.69) is 27.5 Å². The van der Waals surface area contributed by atoms with Gasteiger partial charge in [0.25, 0.3) is 0 Å². The minimum atomic E-state index is 0. The average Bonchev–Trinajstić information content (AvgIpc) is 3.09. The van der Waals surface area contributed by atoms with Crippen molar-refractivity contribution in [1.82, 2.24) is 15.6 Å². The quantitative estimate of drug-likeness (QED) is 0.460. The molecule has 0 amide bonds. The summed E-state index contributed by atoms with van der Waals surface area (Å²) in [6, 6.07) is 6.30. The van der Waals surface area contributed by atoms with Gasteiger partial charge in [-0.15, -0.1) is 24.0 Å². The van der Waals surface area contributed by atoms with Gasteiger partial charge >= 0.3 is 0 Å². The van der Waals surface area contributed by atoms with Gasteiger partial charge in [0.2, 0.25) is 0 Å². The number of guanidine groups is 1. The number of hydrogen-bond donors (Lipinski definition) is 2. The van der Waals surface area contributed by atoms with Crippen LogP contribution in [0, 0.1) is 0 Å². The molecule has 3 atom stereocenters. The molecule has 2 saturated heterocycles. The highest BCUT2D eigenvalue weighted by Gasteiger charge is 2.41. The molecule has 6 heteroatoms. The van der Waals surface area contributed by atoms with Gasteiger partial charge in [-0.3, -0.25) is 4.98 Å². The Bertz CT molecular complexity index is 468. The van der Waals surface area contributed by atoms with Crippen molar-refractivity contribution in [2.45, 2.75) is 51.0 Å². The molecule has 2 fully saturated rings. The van der Waals surface area contributed by atoms with Gasteiger partial charge in [-0.2, -0.15) is 0 Å². The number of aliphatic imine (C=N–C) groups is 1. The van der Waals surface area contributed by atoms with E-state index in [1.165, 1.54) is 12.8 Å². The van der Waals surface area contributed by atoms with Gasteiger partial charge < -0.3 is 15.4 Å². The van der Waals surface area contributed by atoms with Crippen LogP contribution in [0.5, 0.6) is 0 Å². The highest BCUT2D eigenvalue weighted by molar-refractivity contribution is 14.0. The van der Waals surface area contributed by atoms with E-state index < -0.39 is 0 Å². The highest BCUT2D eigenvalue weighted by atomic mass is 127. The van der Waals surface area contributed by atoms with Crippen molar-refractivity contribution in [1.29, 1.82) is 0 Å². The van der Waals surface area contributed by atoms with Crippen molar-refractivity contribution in [3.05, 3.63) is 30.1 Å². The summed E-state index contributed by atoms with van der Waals surface area (Å²) in [7, 11) is 0. The number of nitrogens with one attached hydrogen (secondary N) is 2. The third kappa shape index (κ3) is 4.29. The molecule has 0 radical (unpaired) electrons. The predicted molar refractivity (Wildman–Crippen MR) is 93.9 cm³/mol. The van der Waals surface area contributed by atoms with Crippen LogP contribution < -0.4 is 10.6 Å². The Labute approximate surface area is 143 Å². The number of hydrogen-bond acceptors (Lipinski definition) is 3. The summed E-state index contributed by atoms with van der Waals surface area (Å²) in [5.74, 6) is 0.860. The number of halogens is 1. The van der Waals surface area contributed by atoms with Crippen LogP contribution in [0.1, 0.15) is 31.9 Å². The zero-order valence-electron chi connectivity index (χ0n) is 12.3. The zero-order chi connectivity index (χ0) is 13.8. The lowest BCUT2D eigenvalue weighted by Crippen LogP contribution is -2.47. The molecular weight excluding hydrogens is 379 g/mol. The van der Waals surface area contributed by atoms with Crippen LogP contribution in [-0.4, -0.2) is 35.7 Å². The Morgan fingerprint density at radius 1 is 1.43 bits per heavy atom. The second-order valence-corrected chi connectivity index (χ2v) is 5.38. The molecule has 3 rings (SSSR count). The monoisotopic (exact) mass is 402 g/mol. The minimum Gasteiger partial charge on any atom is -0.373 e. The number of nitrogens with zero attached hydrogens (tertiary/aromatic N) is 2. The standard InChI is InChI=1S/C15H22N4O.HI/c1-2-16-15(18-10-11-5-3-4-8-17-11)19-13-9-12-6-7-14(13)20-12;/h3-5,8,12-14H,2,6-7,9-10H2,1H3,(H2,16,18,19);1H. The van der Waals surface area contributed by atoms with Crippen LogP contribution >= 0.6 is 24.0 Å². The van der Waals surface area contributed by atoms with Gasteiger partial charge in [-0.25, -0.2) is 4.99 Å². The fraction of sp³-hybridized carbons (Fsp3) is 0.600. The topological polar surface area (TPSA) is 58.5 Å². The maximum atomic E-state index is 5.87. The Morgan fingerprint density at radius 3 is 2.95 bits per heavy atom. The van der Waals surface area contributed by atoms with Crippen molar-refractivity contribution < 1.29 is 4.74 Å². The molecular formula is C15H23IN4O. The van der Waals surface area contributed by atoms with E-state index in [4.69, 9.17) is 4.74 Å². The van der Waals surface area contributed by atoms with Gasteiger partial charge in [0.15, 0.2) is 5.96 Å². The van der Waals surface area contributed by atoms with Crippen LogP contribution in [0.25, 0.3) is 0 Å². The van der Waals surface area contributed by atoms with Crippen molar-refractivity contribution >= 4 is 29.9 Å². The first-order valence-electron chi connectivity index (χ1n) is 7.45. The number of aromatic nitrogens is 1. The summed E-state index contributed by atoms with van der Waals surface area (Å²) < 4.78 is 5.87. The van der Waals surface area contributed by atoms with Crippen molar-refractivity contribution in [2.75, 3.05) is 6.54 Å². The lowest BCUT2D eigenvalue weighted by Gasteiger charge is -2.22. The Morgan fingerprint density at radius 2 is 2.33 bits per heavy atom. The number of rotatable bonds is 4. The highest BCUT2D eigenvalue weighted by Crippen LogP contribution is 2.34. The molecule has 2 aliphatic rings.